The standard InChI is InChI=1S/C41H49FN2O11S2/c1-6-53-39(45)16-13-31-12-14-32(24-35(31)42)43(57(51,52)38-10-8-7-9-36(38)44(47)48)25-30-11-15-37(55-27(2)3)34(23-30)40-28(4)21-33(22-29(40)5)54-26-41(46)17-19-56(49,50)20-18-41/h7-12,14-15,21-24,27,46,49-50H,6,13,16-20,25-26H2,1-5H3. The van der Waals surface area contributed by atoms with Crippen LogP contribution < -0.4 is 13.8 Å². The average Bonchev–Trinajstić information content (AvgIpc) is 3.14. The van der Waals surface area contributed by atoms with E-state index >= 15 is 4.39 Å². The topological polar surface area (TPSA) is 186 Å². The average molecular weight is 829 g/mol. The van der Waals surface area contributed by atoms with Crippen molar-refractivity contribution in [2.24, 2.45) is 0 Å². The number of nitrogens with zero attached hydrogens (tertiary/aromatic N) is 2. The zero-order chi connectivity index (χ0) is 41.7. The molecule has 3 N–H and O–H groups in total. The molecule has 0 saturated carbocycles. The molecule has 0 aliphatic carbocycles. The zero-order valence-electron chi connectivity index (χ0n) is 32.6. The second kappa shape index (κ2) is 17.8. The summed E-state index contributed by atoms with van der Waals surface area (Å²) in [7, 11) is -7.38. The number of aliphatic hydroxyl groups is 1. The number of halogens is 1. The number of nitro benzene ring substituents is 1. The molecule has 0 amide bonds. The van der Waals surface area contributed by atoms with Crippen molar-refractivity contribution in [1.29, 1.82) is 0 Å². The highest BCUT2D eigenvalue weighted by molar-refractivity contribution is 8.24. The fraction of sp³-hybridized carbons (Fsp3) is 0.390. The first kappa shape index (κ1) is 43.4. The van der Waals surface area contributed by atoms with E-state index in [1.165, 1.54) is 24.3 Å². The number of hydrogen-bond donors (Lipinski definition) is 3. The first-order valence-corrected chi connectivity index (χ1v) is 21.8. The van der Waals surface area contributed by atoms with Gasteiger partial charge in [0.2, 0.25) is 0 Å². The summed E-state index contributed by atoms with van der Waals surface area (Å²) < 4.78 is 82.6. The molecule has 1 saturated heterocycles. The Labute approximate surface area is 334 Å². The summed E-state index contributed by atoms with van der Waals surface area (Å²) in [6.07, 6.45) is 0.102. The van der Waals surface area contributed by atoms with E-state index in [9.17, 15) is 37.5 Å². The van der Waals surface area contributed by atoms with E-state index in [1.807, 2.05) is 39.8 Å². The number of nitro groups is 1. The Morgan fingerprint density at radius 2 is 1.68 bits per heavy atom. The van der Waals surface area contributed by atoms with E-state index in [-0.39, 0.29) is 74.3 Å². The maximum Gasteiger partial charge on any atom is 0.306 e. The molecule has 4 aromatic carbocycles. The van der Waals surface area contributed by atoms with Crippen molar-refractivity contribution in [3.8, 4) is 22.6 Å². The molecular formula is C41H49FN2O11S2. The number of sulfonamides is 1. The van der Waals surface area contributed by atoms with Gasteiger partial charge in [-0.2, -0.15) is 10.6 Å². The molecule has 0 spiro atoms. The number of hydrogen-bond acceptors (Lipinski definition) is 11. The van der Waals surface area contributed by atoms with Crippen LogP contribution in [0, 0.1) is 29.8 Å². The number of carbonyl (C=O) groups is 1. The van der Waals surface area contributed by atoms with Crippen molar-refractivity contribution in [2.45, 2.75) is 83.4 Å². The van der Waals surface area contributed by atoms with Crippen molar-refractivity contribution < 1.29 is 50.9 Å². The lowest BCUT2D eigenvalue weighted by Crippen LogP contribution is -2.42. The summed E-state index contributed by atoms with van der Waals surface area (Å²) >= 11 is 0. The van der Waals surface area contributed by atoms with Crippen molar-refractivity contribution in [3.05, 3.63) is 111 Å². The highest BCUT2D eigenvalue weighted by Crippen LogP contribution is 2.47. The molecule has 0 radical (unpaired) electrons. The van der Waals surface area contributed by atoms with E-state index in [0.717, 1.165) is 39.2 Å². The van der Waals surface area contributed by atoms with Crippen LogP contribution in [0.5, 0.6) is 11.5 Å². The van der Waals surface area contributed by atoms with Crippen LogP contribution in [0.3, 0.4) is 0 Å². The third-order valence-corrected chi connectivity index (χ3v) is 13.2. The summed E-state index contributed by atoms with van der Waals surface area (Å²) in [5.41, 5.74) is 1.65. The minimum atomic E-state index is -4.69. The van der Waals surface area contributed by atoms with Crippen molar-refractivity contribution in [1.82, 2.24) is 0 Å². The molecule has 308 valence electrons. The van der Waals surface area contributed by atoms with Gasteiger partial charge in [-0.05, 0) is 124 Å². The van der Waals surface area contributed by atoms with Crippen LogP contribution >= 0.6 is 10.6 Å². The summed E-state index contributed by atoms with van der Waals surface area (Å²) in [6, 6.07) is 17.5. The zero-order valence-corrected chi connectivity index (χ0v) is 34.2. The molecule has 13 nitrogen and oxygen atoms in total. The van der Waals surface area contributed by atoms with Gasteiger partial charge in [0.25, 0.3) is 15.7 Å². The molecule has 16 heteroatoms. The van der Waals surface area contributed by atoms with E-state index < -0.39 is 53.5 Å². The normalized spacial score (nSPS) is 15.5. The van der Waals surface area contributed by atoms with Crippen molar-refractivity contribution in [3.63, 3.8) is 0 Å². The Balaban J connectivity index is 1.54. The summed E-state index contributed by atoms with van der Waals surface area (Å²) in [4.78, 5) is 22.6. The van der Waals surface area contributed by atoms with Gasteiger partial charge in [-0.25, -0.2) is 12.8 Å². The van der Waals surface area contributed by atoms with Crippen LogP contribution in [-0.2, 0) is 32.5 Å². The number of benzene rings is 4. The molecule has 5 rings (SSSR count). The van der Waals surface area contributed by atoms with E-state index in [0.29, 0.717) is 22.6 Å². The van der Waals surface area contributed by atoms with Gasteiger partial charge in [0.1, 0.15) is 29.5 Å². The first-order valence-electron chi connectivity index (χ1n) is 18.5. The fourth-order valence-corrected chi connectivity index (χ4v) is 9.97. The Bertz CT molecular complexity index is 2200. The molecule has 4 aromatic rings. The van der Waals surface area contributed by atoms with Gasteiger partial charge in [0.05, 0.1) is 29.9 Å². The number of ether oxygens (including phenoxy) is 3. The third-order valence-electron chi connectivity index (χ3n) is 9.66. The van der Waals surface area contributed by atoms with Crippen molar-refractivity contribution >= 4 is 38.0 Å². The lowest BCUT2D eigenvalue weighted by atomic mass is 9.93. The number of esters is 1. The summed E-state index contributed by atoms with van der Waals surface area (Å²) in [6.45, 7) is 8.95. The minimum Gasteiger partial charge on any atom is -0.491 e. The number of aryl methyl sites for hydroxylation is 3. The van der Waals surface area contributed by atoms with Gasteiger partial charge >= 0.3 is 5.97 Å². The summed E-state index contributed by atoms with van der Waals surface area (Å²) in [5, 5.41) is 23.0. The number of carbonyl (C=O) groups excluding carboxylic acids is 1. The largest absolute Gasteiger partial charge is 0.491 e. The molecule has 1 fully saturated rings. The lowest BCUT2D eigenvalue weighted by molar-refractivity contribution is -0.387. The molecule has 0 unspecified atom stereocenters. The van der Waals surface area contributed by atoms with Gasteiger partial charge in [-0.1, -0.05) is 24.3 Å². The SMILES string of the molecule is CCOC(=O)CCc1ccc(N(Cc2ccc(OC(C)C)c(-c3c(C)cc(OCC4(O)CCS(O)(O)CC4)cc3C)c2)S(=O)(=O)c2ccccc2[N+](=O)[O-])cc1F. The van der Waals surface area contributed by atoms with Crippen LogP contribution in [-0.4, -0.2) is 69.9 Å². The molecular weight excluding hydrogens is 780 g/mol. The summed E-state index contributed by atoms with van der Waals surface area (Å²) in [5.74, 6) is -0.0444. The Morgan fingerprint density at radius 1 is 1.02 bits per heavy atom. The Hall–Kier alpha value is -4.74. The molecule has 0 bridgehead atoms. The van der Waals surface area contributed by atoms with Gasteiger partial charge in [0, 0.05) is 29.6 Å². The van der Waals surface area contributed by atoms with Gasteiger partial charge in [-0.15, -0.1) is 0 Å². The number of anilines is 1. The van der Waals surface area contributed by atoms with Gasteiger partial charge in [0.15, 0.2) is 4.90 Å². The van der Waals surface area contributed by atoms with Crippen LogP contribution in [0.1, 0.15) is 62.3 Å². The Kier molecular flexibility index (Phi) is 13.6. The number of para-hydroxylation sites is 1. The molecule has 1 aliphatic heterocycles. The molecule has 0 atom stereocenters. The first-order chi connectivity index (χ1) is 26.8. The quantitative estimate of drug-likeness (QED) is 0.0560. The Morgan fingerprint density at radius 3 is 2.30 bits per heavy atom. The fourth-order valence-electron chi connectivity index (χ4n) is 6.75. The monoisotopic (exact) mass is 828 g/mol. The number of rotatable bonds is 16. The van der Waals surface area contributed by atoms with Crippen LogP contribution in [0.25, 0.3) is 11.1 Å². The second-order valence-corrected chi connectivity index (χ2v) is 18.7. The predicted molar refractivity (Wildman–Crippen MR) is 217 cm³/mol. The lowest BCUT2D eigenvalue weighted by Gasteiger charge is -2.43. The van der Waals surface area contributed by atoms with Crippen molar-refractivity contribution in [2.75, 3.05) is 29.0 Å². The third kappa shape index (κ3) is 10.6. The van der Waals surface area contributed by atoms with Gasteiger partial charge < -0.3 is 19.3 Å². The highest BCUT2D eigenvalue weighted by atomic mass is 32.3. The highest BCUT2D eigenvalue weighted by Gasteiger charge is 2.37. The van der Waals surface area contributed by atoms with Crippen LogP contribution in [0.15, 0.2) is 77.7 Å². The minimum absolute atomic E-state index is 0.0147. The molecule has 1 heterocycles. The molecule has 57 heavy (non-hydrogen) atoms. The van der Waals surface area contributed by atoms with E-state index in [1.54, 1.807) is 25.1 Å². The second-order valence-electron chi connectivity index (χ2n) is 14.5. The molecule has 1 aliphatic rings. The van der Waals surface area contributed by atoms with Crippen LogP contribution in [0.2, 0.25) is 0 Å². The molecule has 0 aromatic heterocycles. The van der Waals surface area contributed by atoms with Gasteiger partial charge in [-0.3, -0.25) is 28.3 Å². The smallest absolute Gasteiger partial charge is 0.306 e. The van der Waals surface area contributed by atoms with Crippen LogP contribution in [0.4, 0.5) is 15.8 Å². The maximum absolute atomic E-state index is 15.6. The van der Waals surface area contributed by atoms with E-state index in [2.05, 4.69) is 0 Å². The predicted octanol–water partition coefficient (Wildman–Crippen LogP) is 8.35. The maximum atomic E-state index is 15.6. The van der Waals surface area contributed by atoms with E-state index in [4.69, 9.17) is 14.2 Å².